The number of carbonyl (C=O) groups excluding carboxylic acids is 2. The van der Waals surface area contributed by atoms with E-state index >= 15 is 0 Å². The van der Waals surface area contributed by atoms with Crippen LogP contribution in [0.2, 0.25) is 0 Å². The summed E-state index contributed by atoms with van der Waals surface area (Å²) in [4.78, 5) is 21.4. The quantitative estimate of drug-likeness (QED) is 0.647. The predicted molar refractivity (Wildman–Crippen MR) is 47.7 cm³/mol. The lowest BCUT2D eigenvalue weighted by atomic mass is 10.0. The topological polar surface area (TPSA) is 46.2 Å². The van der Waals surface area contributed by atoms with Crippen LogP contribution >= 0.6 is 0 Å². The van der Waals surface area contributed by atoms with E-state index in [-0.39, 0.29) is 17.4 Å². The molecule has 0 rings (SSSR count). The molecule has 70 valence electrons. The smallest absolute Gasteiger partial charge is 0.223 e. The number of aldehydes is 1. The van der Waals surface area contributed by atoms with Gasteiger partial charge in [-0.2, -0.15) is 0 Å². The minimum Gasteiger partial charge on any atom is -0.351 e. The molecule has 0 bridgehead atoms. The van der Waals surface area contributed by atoms with Crippen molar-refractivity contribution in [1.82, 2.24) is 5.32 Å². The molecule has 0 radical (unpaired) electrons. The summed E-state index contributed by atoms with van der Waals surface area (Å²) in [5.74, 6) is -0.281. The van der Waals surface area contributed by atoms with Crippen LogP contribution < -0.4 is 5.32 Å². The van der Waals surface area contributed by atoms with Crippen molar-refractivity contribution in [3.05, 3.63) is 0 Å². The molecule has 0 aromatic heterocycles. The molecule has 3 heteroatoms. The Balaban J connectivity index is 3.95. The van der Waals surface area contributed by atoms with Crippen LogP contribution in [0.1, 0.15) is 34.1 Å². The molecular formula is C9H17NO2. The Bertz CT molecular complexity index is 170. The van der Waals surface area contributed by atoms with Crippen molar-refractivity contribution in [3.8, 4) is 0 Å². The van der Waals surface area contributed by atoms with Crippen molar-refractivity contribution >= 4 is 12.2 Å². The largest absolute Gasteiger partial charge is 0.351 e. The standard InChI is InChI=1S/C9H17NO2/c1-7(5-6-11)8(12)10-9(2,3)4/h6-7H,5H2,1-4H3,(H,10,12)/t7-/m0/s1. The third-order valence-corrected chi connectivity index (χ3v) is 1.40. The predicted octanol–water partition coefficient (Wildman–Crippen LogP) is 1.13. The van der Waals surface area contributed by atoms with E-state index in [4.69, 9.17) is 0 Å². The van der Waals surface area contributed by atoms with E-state index in [2.05, 4.69) is 5.32 Å². The minimum atomic E-state index is -0.221. The summed E-state index contributed by atoms with van der Waals surface area (Å²) in [5, 5.41) is 2.81. The molecule has 0 aromatic rings. The van der Waals surface area contributed by atoms with Gasteiger partial charge in [0.2, 0.25) is 5.91 Å². The highest BCUT2D eigenvalue weighted by molar-refractivity contribution is 5.81. The Labute approximate surface area is 73.5 Å². The minimum absolute atomic E-state index is 0.0606. The highest BCUT2D eigenvalue weighted by Crippen LogP contribution is 2.04. The molecule has 0 saturated carbocycles. The third-order valence-electron chi connectivity index (χ3n) is 1.40. The van der Waals surface area contributed by atoms with E-state index < -0.39 is 0 Å². The van der Waals surface area contributed by atoms with Crippen LogP contribution in [0.25, 0.3) is 0 Å². The van der Waals surface area contributed by atoms with Crippen molar-refractivity contribution in [2.45, 2.75) is 39.7 Å². The first-order chi connectivity index (χ1) is 5.37. The van der Waals surface area contributed by atoms with Crippen molar-refractivity contribution in [2.24, 2.45) is 5.92 Å². The number of rotatable bonds is 3. The second-order valence-electron chi connectivity index (χ2n) is 4.04. The van der Waals surface area contributed by atoms with E-state index in [1.807, 2.05) is 20.8 Å². The van der Waals surface area contributed by atoms with Crippen LogP contribution in [0.15, 0.2) is 0 Å². The summed E-state index contributed by atoms with van der Waals surface area (Å²) in [6.07, 6.45) is 1.06. The molecule has 3 nitrogen and oxygen atoms in total. The highest BCUT2D eigenvalue weighted by atomic mass is 16.2. The van der Waals surface area contributed by atoms with Crippen LogP contribution in [0.3, 0.4) is 0 Å². The van der Waals surface area contributed by atoms with Crippen LogP contribution in [0, 0.1) is 5.92 Å². The zero-order chi connectivity index (χ0) is 9.78. The molecular weight excluding hydrogens is 154 g/mol. The number of nitrogens with one attached hydrogen (secondary N) is 1. The van der Waals surface area contributed by atoms with Gasteiger partial charge in [0, 0.05) is 17.9 Å². The fourth-order valence-corrected chi connectivity index (χ4v) is 0.744. The Kier molecular flexibility index (Phi) is 3.93. The van der Waals surface area contributed by atoms with Gasteiger partial charge in [0.05, 0.1) is 0 Å². The van der Waals surface area contributed by atoms with E-state index in [1.54, 1.807) is 6.92 Å². The molecule has 0 aromatic carbocycles. The number of amides is 1. The molecule has 0 aliphatic carbocycles. The van der Waals surface area contributed by atoms with E-state index in [9.17, 15) is 9.59 Å². The lowest BCUT2D eigenvalue weighted by Crippen LogP contribution is -2.43. The monoisotopic (exact) mass is 171 g/mol. The average Bonchev–Trinajstić information content (AvgIpc) is 1.84. The first-order valence-corrected chi connectivity index (χ1v) is 4.12. The number of hydrogen-bond acceptors (Lipinski definition) is 2. The number of carbonyl (C=O) groups is 2. The number of hydrogen-bond donors (Lipinski definition) is 1. The van der Waals surface area contributed by atoms with Crippen LogP contribution in [-0.4, -0.2) is 17.7 Å². The molecule has 1 atom stereocenters. The van der Waals surface area contributed by atoms with E-state index in [1.165, 1.54) is 0 Å². The molecule has 1 amide bonds. The van der Waals surface area contributed by atoms with E-state index in [0.29, 0.717) is 6.42 Å². The fourth-order valence-electron chi connectivity index (χ4n) is 0.744. The van der Waals surface area contributed by atoms with Crippen molar-refractivity contribution in [1.29, 1.82) is 0 Å². The normalized spacial score (nSPS) is 13.7. The van der Waals surface area contributed by atoms with Gasteiger partial charge in [-0.15, -0.1) is 0 Å². The van der Waals surface area contributed by atoms with E-state index in [0.717, 1.165) is 6.29 Å². The summed E-state index contributed by atoms with van der Waals surface area (Å²) >= 11 is 0. The summed E-state index contributed by atoms with van der Waals surface area (Å²) < 4.78 is 0. The third kappa shape index (κ3) is 4.88. The maximum atomic E-state index is 11.3. The molecule has 0 heterocycles. The van der Waals surface area contributed by atoms with Gasteiger partial charge in [0.1, 0.15) is 6.29 Å². The molecule has 1 N–H and O–H groups in total. The summed E-state index contributed by atoms with van der Waals surface area (Å²) in [5.41, 5.74) is -0.214. The van der Waals surface area contributed by atoms with Crippen LogP contribution in [0.5, 0.6) is 0 Å². The van der Waals surface area contributed by atoms with Gasteiger partial charge in [-0.1, -0.05) is 6.92 Å². The molecule has 0 spiro atoms. The molecule has 0 aliphatic rings. The first kappa shape index (κ1) is 11.1. The lowest BCUT2D eigenvalue weighted by molar-refractivity contribution is -0.127. The molecule has 0 unspecified atom stereocenters. The second-order valence-corrected chi connectivity index (χ2v) is 4.04. The maximum Gasteiger partial charge on any atom is 0.223 e. The lowest BCUT2D eigenvalue weighted by Gasteiger charge is -2.22. The van der Waals surface area contributed by atoms with Gasteiger partial charge in [-0.05, 0) is 20.8 Å². The second kappa shape index (κ2) is 4.24. The van der Waals surface area contributed by atoms with Gasteiger partial charge in [-0.25, -0.2) is 0 Å². The molecule has 0 aliphatic heterocycles. The molecule has 0 fully saturated rings. The fraction of sp³-hybridized carbons (Fsp3) is 0.778. The Morgan fingerprint density at radius 2 is 2.00 bits per heavy atom. The van der Waals surface area contributed by atoms with Gasteiger partial charge < -0.3 is 10.1 Å². The Morgan fingerprint density at radius 1 is 1.50 bits per heavy atom. The zero-order valence-corrected chi connectivity index (χ0v) is 8.18. The van der Waals surface area contributed by atoms with Crippen molar-refractivity contribution < 1.29 is 9.59 Å². The molecule has 12 heavy (non-hydrogen) atoms. The zero-order valence-electron chi connectivity index (χ0n) is 8.18. The Morgan fingerprint density at radius 3 is 2.33 bits per heavy atom. The average molecular weight is 171 g/mol. The maximum absolute atomic E-state index is 11.3. The summed E-state index contributed by atoms with van der Waals surface area (Å²) in [6, 6.07) is 0. The van der Waals surface area contributed by atoms with Crippen LogP contribution in [-0.2, 0) is 9.59 Å². The van der Waals surface area contributed by atoms with Gasteiger partial charge in [0.15, 0.2) is 0 Å². The van der Waals surface area contributed by atoms with Gasteiger partial charge >= 0.3 is 0 Å². The first-order valence-electron chi connectivity index (χ1n) is 4.12. The van der Waals surface area contributed by atoms with Crippen molar-refractivity contribution in [3.63, 3.8) is 0 Å². The Hall–Kier alpha value is -0.860. The molecule has 0 saturated heterocycles. The van der Waals surface area contributed by atoms with Crippen LogP contribution in [0.4, 0.5) is 0 Å². The van der Waals surface area contributed by atoms with Gasteiger partial charge in [-0.3, -0.25) is 4.79 Å². The summed E-state index contributed by atoms with van der Waals surface area (Å²) in [6.45, 7) is 7.49. The highest BCUT2D eigenvalue weighted by Gasteiger charge is 2.18. The van der Waals surface area contributed by atoms with Crippen molar-refractivity contribution in [2.75, 3.05) is 0 Å². The van der Waals surface area contributed by atoms with Gasteiger partial charge in [0.25, 0.3) is 0 Å². The summed E-state index contributed by atoms with van der Waals surface area (Å²) in [7, 11) is 0. The SMILES string of the molecule is C[C@@H](CC=O)C(=O)NC(C)(C)C.